The molecule has 2 aromatic carbocycles. The Balaban J connectivity index is 1.79. The molecule has 1 nitrogen and oxygen atoms in total. The van der Waals surface area contributed by atoms with Crippen LogP contribution in [0.15, 0.2) is 85.2 Å². The van der Waals surface area contributed by atoms with E-state index in [-0.39, 0.29) is 0 Å². The predicted molar refractivity (Wildman–Crippen MR) is 76.4 cm³/mol. The Bertz CT molecular complexity index is 489. The van der Waals surface area contributed by atoms with Crippen LogP contribution in [0.1, 0.15) is 11.5 Å². The first-order valence-corrected chi connectivity index (χ1v) is 6.18. The van der Waals surface area contributed by atoms with Crippen molar-refractivity contribution < 1.29 is 0 Å². The summed E-state index contributed by atoms with van der Waals surface area (Å²) in [4.78, 5) is 2.14. The Morgan fingerprint density at radius 2 is 1.22 bits per heavy atom. The van der Waals surface area contributed by atoms with E-state index in [2.05, 4.69) is 84.0 Å². The summed E-state index contributed by atoms with van der Waals surface area (Å²) in [5.41, 5.74) is 2.52. The summed E-state index contributed by atoms with van der Waals surface area (Å²) in [6.07, 6.45) is 8.71. The molecule has 18 heavy (non-hydrogen) atoms. The van der Waals surface area contributed by atoms with Crippen molar-refractivity contribution in [1.29, 1.82) is 0 Å². The second-order valence-corrected chi connectivity index (χ2v) is 4.36. The first-order chi connectivity index (χ1) is 8.93. The van der Waals surface area contributed by atoms with Crippen LogP contribution in [0.2, 0.25) is 0 Å². The van der Waals surface area contributed by atoms with Gasteiger partial charge in [0.25, 0.3) is 0 Å². The SMILES string of the molecule is C1=CN(c2ccccc2)C=CC1c1ccccc1. The third-order valence-corrected chi connectivity index (χ3v) is 3.15. The normalized spacial score (nSPS) is 15.0. The number of rotatable bonds is 2. The number of nitrogens with zero attached hydrogens (tertiary/aromatic N) is 1. The Kier molecular flexibility index (Phi) is 2.97. The van der Waals surface area contributed by atoms with Gasteiger partial charge in [0, 0.05) is 24.0 Å². The lowest BCUT2D eigenvalue weighted by molar-refractivity contribution is 1.03. The second-order valence-electron chi connectivity index (χ2n) is 4.36. The summed E-state index contributed by atoms with van der Waals surface area (Å²) < 4.78 is 0. The smallest absolute Gasteiger partial charge is 0.0449 e. The van der Waals surface area contributed by atoms with Gasteiger partial charge in [0.15, 0.2) is 0 Å². The predicted octanol–water partition coefficient (Wildman–Crippen LogP) is 4.32. The van der Waals surface area contributed by atoms with Crippen LogP contribution in [-0.2, 0) is 0 Å². The summed E-state index contributed by atoms with van der Waals surface area (Å²) in [7, 11) is 0. The largest absolute Gasteiger partial charge is 0.324 e. The highest BCUT2D eigenvalue weighted by molar-refractivity contribution is 5.54. The van der Waals surface area contributed by atoms with Gasteiger partial charge in [-0.2, -0.15) is 0 Å². The van der Waals surface area contributed by atoms with Gasteiger partial charge in [-0.1, -0.05) is 60.7 Å². The van der Waals surface area contributed by atoms with Gasteiger partial charge in [-0.05, 0) is 17.7 Å². The van der Waals surface area contributed by atoms with Crippen molar-refractivity contribution >= 4 is 5.69 Å². The highest BCUT2D eigenvalue weighted by Gasteiger charge is 2.09. The molecule has 0 N–H and O–H groups in total. The van der Waals surface area contributed by atoms with Gasteiger partial charge in [-0.25, -0.2) is 0 Å². The Morgan fingerprint density at radius 1 is 0.667 bits per heavy atom. The number of hydrogen-bond donors (Lipinski definition) is 0. The molecule has 1 aliphatic rings. The standard InChI is InChI=1S/C17H15N/c1-3-7-15(8-4-1)16-11-13-18(14-12-16)17-9-5-2-6-10-17/h1-14,16H. The average molecular weight is 233 g/mol. The first-order valence-electron chi connectivity index (χ1n) is 6.18. The van der Waals surface area contributed by atoms with Crippen LogP contribution in [0.25, 0.3) is 0 Å². The van der Waals surface area contributed by atoms with E-state index in [1.807, 2.05) is 6.07 Å². The quantitative estimate of drug-likeness (QED) is 0.746. The van der Waals surface area contributed by atoms with Gasteiger partial charge in [0.2, 0.25) is 0 Å². The van der Waals surface area contributed by atoms with Crippen molar-refractivity contribution in [2.75, 3.05) is 4.90 Å². The maximum atomic E-state index is 2.22. The zero-order chi connectivity index (χ0) is 12.2. The molecule has 0 saturated heterocycles. The molecule has 88 valence electrons. The summed E-state index contributed by atoms with van der Waals surface area (Å²) in [5.74, 6) is 0.381. The van der Waals surface area contributed by atoms with E-state index < -0.39 is 0 Å². The number of anilines is 1. The van der Waals surface area contributed by atoms with Crippen molar-refractivity contribution in [3.63, 3.8) is 0 Å². The summed E-state index contributed by atoms with van der Waals surface area (Å²) in [5, 5.41) is 0. The van der Waals surface area contributed by atoms with E-state index in [1.165, 1.54) is 11.3 Å². The lowest BCUT2D eigenvalue weighted by Gasteiger charge is -2.21. The number of hydrogen-bond acceptors (Lipinski definition) is 1. The molecule has 3 rings (SSSR count). The van der Waals surface area contributed by atoms with Crippen LogP contribution in [0.5, 0.6) is 0 Å². The molecule has 1 heteroatoms. The van der Waals surface area contributed by atoms with E-state index in [0.29, 0.717) is 5.92 Å². The number of allylic oxidation sites excluding steroid dienone is 2. The molecule has 1 heterocycles. The van der Waals surface area contributed by atoms with Crippen LogP contribution in [0.4, 0.5) is 5.69 Å². The molecule has 1 aliphatic heterocycles. The maximum absolute atomic E-state index is 2.22. The molecule has 0 aliphatic carbocycles. The van der Waals surface area contributed by atoms with E-state index in [0.717, 1.165) is 0 Å². The van der Waals surface area contributed by atoms with Crippen molar-refractivity contribution in [2.45, 2.75) is 5.92 Å². The highest BCUT2D eigenvalue weighted by Crippen LogP contribution is 2.25. The van der Waals surface area contributed by atoms with Gasteiger partial charge in [-0.3, -0.25) is 0 Å². The summed E-state index contributed by atoms with van der Waals surface area (Å²) in [6.45, 7) is 0. The van der Waals surface area contributed by atoms with Crippen molar-refractivity contribution in [3.8, 4) is 0 Å². The minimum atomic E-state index is 0.381. The second kappa shape index (κ2) is 4.92. The lowest BCUT2D eigenvalue weighted by atomic mass is 9.98. The average Bonchev–Trinajstić information content (AvgIpc) is 2.49. The van der Waals surface area contributed by atoms with Gasteiger partial charge in [-0.15, -0.1) is 0 Å². The molecule has 0 aromatic heterocycles. The van der Waals surface area contributed by atoms with E-state index in [4.69, 9.17) is 0 Å². The summed E-state index contributed by atoms with van der Waals surface area (Å²) in [6, 6.07) is 20.9. The molecule has 0 spiro atoms. The van der Waals surface area contributed by atoms with Crippen LogP contribution >= 0.6 is 0 Å². The molecular formula is C17H15N. The molecule has 2 aromatic rings. The zero-order valence-electron chi connectivity index (χ0n) is 10.1. The van der Waals surface area contributed by atoms with Gasteiger partial charge in [0.1, 0.15) is 0 Å². The van der Waals surface area contributed by atoms with Crippen molar-refractivity contribution in [2.24, 2.45) is 0 Å². The fraction of sp³-hybridized carbons (Fsp3) is 0.0588. The molecule has 0 saturated carbocycles. The van der Waals surface area contributed by atoms with Crippen LogP contribution in [0.3, 0.4) is 0 Å². The molecule has 0 unspecified atom stereocenters. The number of para-hydroxylation sites is 1. The van der Waals surface area contributed by atoms with Crippen molar-refractivity contribution in [1.82, 2.24) is 0 Å². The third-order valence-electron chi connectivity index (χ3n) is 3.15. The van der Waals surface area contributed by atoms with Crippen LogP contribution < -0.4 is 4.90 Å². The zero-order valence-corrected chi connectivity index (χ0v) is 10.1. The minimum absolute atomic E-state index is 0.381. The minimum Gasteiger partial charge on any atom is -0.324 e. The van der Waals surface area contributed by atoms with Gasteiger partial charge >= 0.3 is 0 Å². The highest BCUT2D eigenvalue weighted by atomic mass is 15.1. The fourth-order valence-corrected chi connectivity index (χ4v) is 2.15. The van der Waals surface area contributed by atoms with Gasteiger partial charge < -0.3 is 4.90 Å². The molecule has 0 bridgehead atoms. The third kappa shape index (κ3) is 2.21. The summed E-state index contributed by atoms with van der Waals surface area (Å²) >= 11 is 0. The Hall–Kier alpha value is -2.28. The monoisotopic (exact) mass is 233 g/mol. The maximum Gasteiger partial charge on any atom is 0.0449 e. The Labute approximate surface area is 108 Å². The Morgan fingerprint density at radius 3 is 1.83 bits per heavy atom. The molecule has 0 fully saturated rings. The topological polar surface area (TPSA) is 3.24 Å². The van der Waals surface area contributed by atoms with Gasteiger partial charge in [0.05, 0.1) is 0 Å². The van der Waals surface area contributed by atoms with Crippen molar-refractivity contribution in [3.05, 3.63) is 90.8 Å². The van der Waals surface area contributed by atoms with Crippen LogP contribution in [-0.4, -0.2) is 0 Å². The number of benzene rings is 2. The first kappa shape index (κ1) is 10.8. The molecular weight excluding hydrogens is 218 g/mol. The molecule has 0 radical (unpaired) electrons. The fourth-order valence-electron chi connectivity index (χ4n) is 2.15. The van der Waals surface area contributed by atoms with Crippen LogP contribution in [0, 0.1) is 0 Å². The molecule has 0 amide bonds. The van der Waals surface area contributed by atoms with E-state index in [9.17, 15) is 0 Å². The molecule has 0 atom stereocenters. The lowest BCUT2D eigenvalue weighted by Crippen LogP contribution is -2.11. The van der Waals surface area contributed by atoms with E-state index >= 15 is 0 Å². The van der Waals surface area contributed by atoms with E-state index in [1.54, 1.807) is 0 Å².